The second-order valence-electron chi connectivity index (χ2n) is 5.63. The fourth-order valence-corrected chi connectivity index (χ4v) is 2.74. The molecule has 4 rings (SSSR count). The van der Waals surface area contributed by atoms with E-state index < -0.39 is 0 Å². The molecule has 1 atom stereocenters. The number of benzene rings is 2. The zero-order valence-electron chi connectivity index (χ0n) is 14.0. The van der Waals surface area contributed by atoms with Crippen molar-refractivity contribution in [2.24, 2.45) is 5.10 Å². The molecule has 1 aliphatic heterocycles. The fourth-order valence-electron chi connectivity index (χ4n) is 2.55. The minimum Gasteiger partial charge on any atom is -0.483 e. The minimum atomic E-state index is -0.334. The Kier molecular flexibility index (Phi) is 4.40. The molecule has 7 nitrogen and oxygen atoms in total. The van der Waals surface area contributed by atoms with Gasteiger partial charge in [-0.15, -0.1) is 0 Å². The SMILES string of the molecule is CC(Oc1ccccc1)c1n[nH]c(=S)n1/N=C/c1ccc2c(c1)OCO2. The maximum atomic E-state index is 5.91. The maximum absolute atomic E-state index is 5.91. The molecule has 3 aromatic rings. The molecule has 0 amide bonds. The molecule has 1 unspecified atom stereocenters. The average molecular weight is 368 g/mol. The first-order chi connectivity index (χ1) is 12.7. The third-order valence-corrected chi connectivity index (χ3v) is 4.08. The standard InChI is InChI=1S/C18H16N4O3S/c1-12(25-14-5-3-2-4-6-14)17-20-21-18(26)22(17)19-10-13-7-8-15-16(9-13)24-11-23-15/h2-10,12H,11H2,1H3,(H,21,26)/b19-10+. The van der Waals surface area contributed by atoms with Gasteiger partial charge in [-0.05, 0) is 55.0 Å². The molecule has 0 aliphatic carbocycles. The summed E-state index contributed by atoms with van der Waals surface area (Å²) in [7, 11) is 0. The van der Waals surface area contributed by atoms with Gasteiger partial charge in [-0.25, -0.2) is 5.10 Å². The van der Waals surface area contributed by atoms with Crippen LogP contribution in [0.5, 0.6) is 17.2 Å². The lowest BCUT2D eigenvalue weighted by molar-refractivity contribution is 0.174. The fraction of sp³-hybridized carbons (Fsp3) is 0.167. The molecule has 2 heterocycles. The first-order valence-electron chi connectivity index (χ1n) is 8.04. The number of H-pyrrole nitrogens is 1. The Bertz CT molecular complexity index is 997. The van der Waals surface area contributed by atoms with Gasteiger partial charge in [0.25, 0.3) is 0 Å². The van der Waals surface area contributed by atoms with E-state index in [2.05, 4.69) is 15.3 Å². The molecule has 0 bridgehead atoms. The van der Waals surface area contributed by atoms with E-state index in [0.29, 0.717) is 16.3 Å². The van der Waals surface area contributed by atoms with Crippen LogP contribution in [0.1, 0.15) is 24.4 Å². The van der Waals surface area contributed by atoms with Gasteiger partial charge in [0, 0.05) is 0 Å². The quantitative estimate of drug-likeness (QED) is 0.549. The Hall–Kier alpha value is -3.13. The summed E-state index contributed by atoms with van der Waals surface area (Å²) in [5.41, 5.74) is 0.861. The summed E-state index contributed by atoms with van der Waals surface area (Å²) in [5.74, 6) is 2.76. The van der Waals surface area contributed by atoms with Crippen molar-refractivity contribution in [3.8, 4) is 17.2 Å². The molecular formula is C18H16N4O3S. The van der Waals surface area contributed by atoms with Gasteiger partial charge in [-0.1, -0.05) is 18.2 Å². The largest absolute Gasteiger partial charge is 0.483 e. The van der Waals surface area contributed by atoms with E-state index in [4.69, 9.17) is 26.4 Å². The van der Waals surface area contributed by atoms with Gasteiger partial charge in [0.05, 0.1) is 6.21 Å². The van der Waals surface area contributed by atoms with Crippen LogP contribution in [0.15, 0.2) is 53.6 Å². The van der Waals surface area contributed by atoms with Crippen molar-refractivity contribution >= 4 is 18.4 Å². The summed E-state index contributed by atoms with van der Waals surface area (Å²) < 4.78 is 18.5. The monoisotopic (exact) mass is 368 g/mol. The van der Waals surface area contributed by atoms with Crippen LogP contribution in [0.4, 0.5) is 0 Å². The first-order valence-corrected chi connectivity index (χ1v) is 8.44. The number of aromatic nitrogens is 3. The molecule has 0 spiro atoms. The van der Waals surface area contributed by atoms with Crippen LogP contribution in [-0.2, 0) is 0 Å². The topological polar surface area (TPSA) is 73.7 Å². The van der Waals surface area contributed by atoms with Crippen LogP contribution in [-0.4, -0.2) is 27.9 Å². The van der Waals surface area contributed by atoms with E-state index in [9.17, 15) is 0 Å². The second kappa shape index (κ2) is 7.01. The highest BCUT2D eigenvalue weighted by molar-refractivity contribution is 7.71. The van der Waals surface area contributed by atoms with Crippen molar-refractivity contribution in [2.45, 2.75) is 13.0 Å². The normalized spacial score (nSPS) is 13.9. The molecule has 0 fully saturated rings. The number of nitrogens with zero attached hydrogens (tertiary/aromatic N) is 3. The van der Waals surface area contributed by atoms with Crippen LogP contribution >= 0.6 is 12.2 Å². The van der Waals surface area contributed by atoms with Crippen molar-refractivity contribution in [3.63, 3.8) is 0 Å². The van der Waals surface area contributed by atoms with Crippen LogP contribution in [0.3, 0.4) is 0 Å². The Morgan fingerprint density at radius 3 is 2.88 bits per heavy atom. The van der Waals surface area contributed by atoms with Gasteiger partial charge in [-0.2, -0.15) is 14.9 Å². The van der Waals surface area contributed by atoms with E-state index in [0.717, 1.165) is 17.1 Å². The van der Waals surface area contributed by atoms with Gasteiger partial charge in [-0.3, -0.25) is 0 Å². The number of aromatic amines is 1. The van der Waals surface area contributed by atoms with E-state index in [-0.39, 0.29) is 12.9 Å². The Morgan fingerprint density at radius 2 is 2.04 bits per heavy atom. The lowest BCUT2D eigenvalue weighted by Gasteiger charge is -2.13. The number of rotatable bonds is 5. The molecule has 2 aromatic carbocycles. The van der Waals surface area contributed by atoms with Crippen LogP contribution in [0.25, 0.3) is 0 Å². The molecule has 0 saturated heterocycles. The predicted molar refractivity (Wildman–Crippen MR) is 98.5 cm³/mol. The third kappa shape index (κ3) is 3.31. The first kappa shape index (κ1) is 16.3. The van der Waals surface area contributed by atoms with E-state index in [1.54, 1.807) is 10.9 Å². The van der Waals surface area contributed by atoms with E-state index in [1.165, 1.54) is 0 Å². The highest BCUT2D eigenvalue weighted by Crippen LogP contribution is 2.32. The van der Waals surface area contributed by atoms with Crippen molar-refractivity contribution < 1.29 is 14.2 Å². The molecular weight excluding hydrogens is 352 g/mol. The number of ether oxygens (including phenoxy) is 3. The summed E-state index contributed by atoms with van der Waals surface area (Å²) in [5, 5.41) is 11.4. The minimum absolute atomic E-state index is 0.237. The molecule has 1 aromatic heterocycles. The molecule has 26 heavy (non-hydrogen) atoms. The molecule has 132 valence electrons. The van der Waals surface area contributed by atoms with Gasteiger partial charge in [0.15, 0.2) is 23.4 Å². The van der Waals surface area contributed by atoms with E-state index in [1.807, 2.05) is 55.5 Å². The number of hydrogen-bond donors (Lipinski definition) is 1. The van der Waals surface area contributed by atoms with Crippen molar-refractivity contribution in [1.82, 2.24) is 14.9 Å². The Labute approximate surface area is 154 Å². The summed E-state index contributed by atoms with van der Waals surface area (Å²) in [6.07, 6.45) is 1.35. The van der Waals surface area contributed by atoms with Gasteiger partial charge in [0.1, 0.15) is 5.75 Å². The van der Waals surface area contributed by atoms with E-state index >= 15 is 0 Å². The van der Waals surface area contributed by atoms with Gasteiger partial charge < -0.3 is 14.2 Å². The zero-order chi connectivity index (χ0) is 17.9. The Morgan fingerprint density at radius 1 is 1.23 bits per heavy atom. The molecule has 1 aliphatic rings. The average Bonchev–Trinajstić information content (AvgIpc) is 3.26. The summed E-state index contributed by atoms with van der Waals surface area (Å²) in [4.78, 5) is 0. The lowest BCUT2D eigenvalue weighted by atomic mass is 10.2. The maximum Gasteiger partial charge on any atom is 0.231 e. The highest BCUT2D eigenvalue weighted by atomic mass is 32.1. The number of hydrogen-bond acceptors (Lipinski definition) is 6. The third-order valence-electron chi connectivity index (χ3n) is 3.81. The van der Waals surface area contributed by atoms with Crippen molar-refractivity contribution in [2.75, 3.05) is 6.79 Å². The van der Waals surface area contributed by atoms with Crippen LogP contribution in [0.2, 0.25) is 0 Å². The number of nitrogens with one attached hydrogen (secondary N) is 1. The van der Waals surface area contributed by atoms with Crippen molar-refractivity contribution in [3.05, 3.63) is 64.7 Å². The van der Waals surface area contributed by atoms with Crippen molar-refractivity contribution in [1.29, 1.82) is 0 Å². The Balaban J connectivity index is 1.57. The molecule has 1 N–H and O–H groups in total. The number of fused-ring (bicyclic) bond motifs is 1. The lowest BCUT2D eigenvalue weighted by Crippen LogP contribution is -2.09. The molecule has 0 radical (unpaired) electrons. The smallest absolute Gasteiger partial charge is 0.231 e. The molecule has 8 heteroatoms. The van der Waals surface area contributed by atoms with Gasteiger partial charge in [0.2, 0.25) is 11.6 Å². The summed E-state index contributed by atoms with van der Waals surface area (Å²) in [6, 6.07) is 15.1. The predicted octanol–water partition coefficient (Wildman–Crippen LogP) is 3.69. The molecule has 0 saturated carbocycles. The number of para-hydroxylation sites is 1. The highest BCUT2D eigenvalue weighted by Gasteiger charge is 2.16. The summed E-state index contributed by atoms with van der Waals surface area (Å²) in [6.45, 7) is 2.13. The second-order valence-corrected chi connectivity index (χ2v) is 6.02. The summed E-state index contributed by atoms with van der Waals surface area (Å²) >= 11 is 5.28. The van der Waals surface area contributed by atoms with Crippen LogP contribution < -0.4 is 14.2 Å². The van der Waals surface area contributed by atoms with Crippen LogP contribution in [0, 0.1) is 4.77 Å². The zero-order valence-corrected chi connectivity index (χ0v) is 14.8. The van der Waals surface area contributed by atoms with Gasteiger partial charge >= 0.3 is 0 Å².